The van der Waals surface area contributed by atoms with Gasteiger partial charge >= 0.3 is 0 Å². The summed E-state index contributed by atoms with van der Waals surface area (Å²) < 4.78 is 5.56. The number of hydrogen-bond acceptors (Lipinski definition) is 4. The number of aliphatic imine (C=N–C) groups is 1. The summed E-state index contributed by atoms with van der Waals surface area (Å²) in [6.45, 7) is 4.82. The van der Waals surface area contributed by atoms with Crippen LogP contribution >= 0.6 is 24.0 Å². The van der Waals surface area contributed by atoms with Gasteiger partial charge in [-0.2, -0.15) is 0 Å². The Balaban J connectivity index is 0.00000420. The summed E-state index contributed by atoms with van der Waals surface area (Å²) in [5, 5.41) is 6.83. The van der Waals surface area contributed by atoms with Crippen LogP contribution < -0.4 is 10.6 Å². The topological polar surface area (TPSA) is 56.0 Å². The molecule has 2 atom stereocenters. The zero-order chi connectivity index (χ0) is 20.4. The Bertz CT molecular complexity index is 690. The summed E-state index contributed by atoms with van der Waals surface area (Å²) in [5.74, 6) is 1.76. The third-order valence-corrected chi connectivity index (χ3v) is 5.06. The number of guanidine groups is 1. The van der Waals surface area contributed by atoms with E-state index in [0.29, 0.717) is 6.04 Å². The van der Waals surface area contributed by atoms with Gasteiger partial charge in [0.1, 0.15) is 5.76 Å². The van der Waals surface area contributed by atoms with E-state index in [1.54, 1.807) is 13.3 Å². The molecule has 0 bridgehead atoms. The fraction of sp³-hybridized carbons (Fsp3) is 0.500. The van der Waals surface area contributed by atoms with E-state index in [9.17, 15) is 0 Å². The Morgan fingerprint density at radius 1 is 1.07 bits per heavy atom. The van der Waals surface area contributed by atoms with Gasteiger partial charge in [0.2, 0.25) is 0 Å². The summed E-state index contributed by atoms with van der Waals surface area (Å²) >= 11 is 0. The van der Waals surface area contributed by atoms with Gasteiger partial charge in [-0.15, -0.1) is 24.0 Å². The minimum Gasteiger partial charge on any atom is -0.468 e. The van der Waals surface area contributed by atoms with Gasteiger partial charge < -0.3 is 15.1 Å². The fourth-order valence-electron chi connectivity index (χ4n) is 3.08. The van der Waals surface area contributed by atoms with Gasteiger partial charge in [0, 0.05) is 32.7 Å². The first-order valence-corrected chi connectivity index (χ1v) is 9.89. The van der Waals surface area contributed by atoms with Crippen molar-refractivity contribution in [2.24, 2.45) is 4.99 Å². The summed E-state index contributed by atoms with van der Waals surface area (Å²) in [7, 11) is 8.08. The average Bonchev–Trinajstić information content (AvgIpc) is 3.21. The molecule has 0 saturated heterocycles. The average molecular weight is 513 g/mol. The van der Waals surface area contributed by atoms with Gasteiger partial charge in [0.25, 0.3) is 0 Å². The van der Waals surface area contributed by atoms with Crippen LogP contribution in [0.4, 0.5) is 0 Å². The number of furan rings is 1. The van der Waals surface area contributed by atoms with Crippen molar-refractivity contribution in [2.75, 3.05) is 41.3 Å². The molecule has 1 heterocycles. The van der Waals surface area contributed by atoms with E-state index in [0.717, 1.165) is 37.8 Å². The number of halogens is 1. The van der Waals surface area contributed by atoms with Crippen molar-refractivity contribution in [3.63, 3.8) is 0 Å². The molecule has 7 heteroatoms. The number of nitrogens with zero attached hydrogens (tertiary/aromatic N) is 3. The molecule has 29 heavy (non-hydrogen) atoms. The lowest BCUT2D eigenvalue weighted by Crippen LogP contribution is -2.43. The molecule has 0 spiro atoms. The van der Waals surface area contributed by atoms with Gasteiger partial charge in [-0.05, 0) is 52.2 Å². The third kappa shape index (κ3) is 8.76. The molecular weight excluding hydrogens is 477 g/mol. The van der Waals surface area contributed by atoms with Gasteiger partial charge in [0.05, 0.1) is 12.3 Å². The maximum absolute atomic E-state index is 5.56. The molecular formula is C22H36IN5O. The minimum absolute atomic E-state index is 0. The van der Waals surface area contributed by atoms with Crippen LogP contribution in [-0.2, 0) is 6.54 Å². The lowest BCUT2D eigenvalue weighted by molar-refractivity contribution is 0.238. The van der Waals surface area contributed by atoms with Crippen molar-refractivity contribution in [3.8, 4) is 0 Å². The van der Waals surface area contributed by atoms with Gasteiger partial charge in [-0.25, -0.2) is 0 Å². The highest BCUT2D eigenvalue weighted by Crippen LogP contribution is 2.17. The molecule has 0 aliphatic heterocycles. The molecule has 0 saturated carbocycles. The Labute approximate surface area is 192 Å². The molecule has 1 aromatic carbocycles. The number of benzene rings is 1. The summed E-state index contributed by atoms with van der Waals surface area (Å²) in [6.07, 6.45) is 2.76. The van der Waals surface area contributed by atoms with E-state index in [-0.39, 0.29) is 30.0 Å². The Hall–Kier alpha value is -1.58. The summed E-state index contributed by atoms with van der Waals surface area (Å²) in [6, 6.07) is 15.2. The van der Waals surface area contributed by atoms with E-state index in [4.69, 9.17) is 4.42 Å². The molecule has 2 N–H and O–H groups in total. The second-order valence-electron chi connectivity index (χ2n) is 7.41. The first kappa shape index (κ1) is 25.5. The highest BCUT2D eigenvalue weighted by atomic mass is 127. The first-order valence-electron chi connectivity index (χ1n) is 9.89. The second kappa shape index (κ2) is 13.6. The normalized spacial score (nSPS) is 13.8. The molecule has 2 aromatic rings. The van der Waals surface area contributed by atoms with E-state index in [1.807, 2.05) is 12.1 Å². The Kier molecular flexibility index (Phi) is 11.9. The molecule has 0 fully saturated rings. The number of hydrogen-bond donors (Lipinski definition) is 2. The summed E-state index contributed by atoms with van der Waals surface area (Å²) in [5.41, 5.74) is 1.34. The van der Waals surface area contributed by atoms with Crippen molar-refractivity contribution in [2.45, 2.75) is 32.0 Å². The molecule has 0 amide bonds. The molecule has 0 radical (unpaired) electrons. The number of rotatable bonds is 10. The van der Waals surface area contributed by atoms with Crippen LogP contribution in [0.3, 0.4) is 0 Å². The highest BCUT2D eigenvalue weighted by Gasteiger charge is 2.17. The number of likely N-dealkylation sites (N-methyl/N-ethyl adjacent to an activating group) is 1. The lowest BCUT2D eigenvalue weighted by Gasteiger charge is -2.26. The minimum atomic E-state index is 0. The molecule has 0 aliphatic carbocycles. The molecule has 162 valence electrons. The van der Waals surface area contributed by atoms with E-state index in [2.05, 4.69) is 83.8 Å². The lowest BCUT2D eigenvalue weighted by atomic mass is 10.1. The van der Waals surface area contributed by atoms with E-state index < -0.39 is 0 Å². The molecule has 1 aromatic heterocycles. The van der Waals surface area contributed by atoms with Crippen LogP contribution in [0.1, 0.15) is 30.7 Å². The molecule has 2 unspecified atom stereocenters. The molecule has 6 nitrogen and oxygen atoms in total. The van der Waals surface area contributed by atoms with Crippen molar-refractivity contribution in [1.82, 2.24) is 20.4 Å². The maximum Gasteiger partial charge on any atom is 0.191 e. The predicted molar refractivity (Wildman–Crippen MR) is 132 cm³/mol. The SMILES string of the molecule is CN=C(NCCC(C)N(C)Cc1ccccc1)NCC(c1ccco1)N(C)C.I. The quantitative estimate of drug-likeness (QED) is 0.289. The monoisotopic (exact) mass is 513 g/mol. The number of nitrogens with one attached hydrogen (secondary N) is 2. The van der Waals surface area contributed by atoms with Crippen LogP contribution in [0.5, 0.6) is 0 Å². The third-order valence-electron chi connectivity index (χ3n) is 5.06. The van der Waals surface area contributed by atoms with Crippen molar-refractivity contribution in [1.29, 1.82) is 0 Å². The zero-order valence-electron chi connectivity index (χ0n) is 18.3. The van der Waals surface area contributed by atoms with Crippen LogP contribution in [-0.4, -0.2) is 63.1 Å². The summed E-state index contributed by atoms with van der Waals surface area (Å²) in [4.78, 5) is 8.86. The van der Waals surface area contributed by atoms with E-state index in [1.165, 1.54) is 5.56 Å². The predicted octanol–water partition coefficient (Wildman–Crippen LogP) is 3.58. The molecule has 2 rings (SSSR count). The largest absolute Gasteiger partial charge is 0.468 e. The standard InChI is InChI=1S/C22H35N5O.HI/c1-18(27(5)17-19-10-7-6-8-11-19)13-14-24-22(23-2)25-16-20(26(3)4)21-12-9-15-28-21;/h6-12,15,18,20H,13-14,16-17H2,1-5H3,(H2,23,24,25);1H. The highest BCUT2D eigenvalue weighted by molar-refractivity contribution is 14.0. The van der Waals surface area contributed by atoms with Crippen LogP contribution in [0.2, 0.25) is 0 Å². The van der Waals surface area contributed by atoms with Gasteiger partial charge in [-0.3, -0.25) is 14.8 Å². The zero-order valence-corrected chi connectivity index (χ0v) is 20.6. The van der Waals surface area contributed by atoms with Crippen molar-refractivity contribution >= 4 is 29.9 Å². The fourth-order valence-corrected chi connectivity index (χ4v) is 3.08. The second-order valence-corrected chi connectivity index (χ2v) is 7.41. The van der Waals surface area contributed by atoms with Gasteiger partial charge in [-0.1, -0.05) is 30.3 Å². The van der Waals surface area contributed by atoms with Crippen LogP contribution in [0.15, 0.2) is 58.1 Å². The van der Waals surface area contributed by atoms with Crippen LogP contribution in [0, 0.1) is 0 Å². The Morgan fingerprint density at radius 3 is 2.38 bits per heavy atom. The van der Waals surface area contributed by atoms with Crippen molar-refractivity contribution in [3.05, 3.63) is 60.1 Å². The van der Waals surface area contributed by atoms with Crippen LogP contribution in [0.25, 0.3) is 0 Å². The van der Waals surface area contributed by atoms with Crippen molar-refractivity contribution < 1.29 is 4.42 Å². The maximum atomic E-state index is 5.56. The smallest absolute Gasteiger partial charge is 0.191 e. The van der Waals surface area contributed by atoms with Gasteiger partial charge in [0.15, 0.2) is 5.96 Å². The van der Waals surface area contributed by atoms with E-state index >= 15 is 0 Å². The Morgan fingerprint density at radius 2 is 1.79 bits per heavy atom. The first-order chi connectivity index (χ1) is 13.5. The molecule has 0 aliphatic rings.